The Balaban J connectivity index is 0.000000289. The monoisotopic (exact) mass is 716 g/mol. The number of nitrogen functional groups attached to an aromatic ring is 1. The van der Waals surface area contributed by atoms with Gasteiger partial charge >= 0.3 is 5.97 Å². The molecule has 3 N–H and O–H groups in total. The summed E-state index contributed by atoms with van der Waals surface area (Å²) < 4.78 is 41.9. The third-order valence-corrected chi connectivity index (χ3v) is 7.19. The van der Waals surface area contributed by atoms with Gasteiger partial charge in [0.05, 0.1) is 36.6 Å². The van der Waals surface area contributed by atoms with Crippen LogP contribution in [0.15, 0.2) is 72.8 Å². The summed E-state index contributed by atoms with van der Waals surface area (Å²) in [6.45, 7) is 5.74. The van der Waals surface area contributed by atoms with Crippen molar-refractivity contribution in [3.8, 4) is 11.5 Å². The predicted molar refractivity (Wildman–Crippen MR) is 186 cm³/mol. The molecule has 0 saturated carbocycles. The van der Waals surface area contributed by atoms with Crippen LogP contribution in [0.2, 0.25) is 10.0 Å². The second kappa shape index (κ2) is 19.7. The third-order valence-electron chi connectivity index (χ3n) is 6.53. The van der Waals surface area contributed by atoms with Gasteiger partial charge in [-0.05, 0) is 43.3 Å². The number of nitrogens with two attached hydrogens (primary N) is 1. The van der Waals surface area contributed by atoms with Gasteiger partial charge in [-0.15, -0.1) is 0 Å². The number of halogens is 4. The molecule has 260 valence electrons. The Morgan fingerprint density at radius 3 is 1.59 bits per heavy atom. The molecule has 1 amide bonds. The fourth-order valence-corrected chi connectivity index (χ4v) is 4.45. The van der Waals surface area contributed by atoms with Gasteiger partial charge in [0, 0.05) is 52.9 Å². The molecular weight excluding hydrogens is 681 g/mol. The summed E-state index contributed by atoms with van der Waals surface area (Å²) in [5.74, 6) is -2.74. The number of esters is 1. The number of rotatable bonds is 10. The van der Waals surface area contributed by atoms with Crippen LogP contribution in [0.1, 0.15) is 65.5 Å². The van der Waals surface area contributed by atoms with Crippen molar-refractivity contribution >= 4 is 58.0 Å². The van der Waals surface area contributed by atoms with Gasteiger partial charge in [-0.2, -0.15) is 0 Å². The molecule has 0 aromatic heterocycles. The van der Waals surface area contributed by atoms with Crippen LogP contribution in [0, 0.1) is 11.6 Å². The van der Waals surface area contributed by atoms with E-state index in [1.54, 1.807) is 63.2 Å². The number of ketones is 2. The fraction of sp³-hybridized carbons (Fsp3) is 0.222. The largest absolute Gasteiger partial charge is 0.494 e. The summed E-state index contributed by atoms with van der Waals surface area (Å²) in [6.07, 6.45) is 0.702. The van der Waals surface area contributed by atoms with E-state index in [1.807, 2.05) is 0 Å². The molecule has 4 aromatic carbocycles. The average molecular weight is 718 g/mol. The summed E-state index contributed by atoms with van der Waals surface area (Å²) >= 11 is 12.0. The lowest BCUT2D eigenvalue weighted by molar-refractivity contribution is -0.142. The minimum atomic E-state index is -0.697. The van der Waals surface area contributed by atoms with E-state index in [0.29, 0.717) is 18.1 Å². The number of ether oxygens (including phenoxy) is 3. The number of hydrogen-bond donors (Lipinski definition) is 2. The zero-order valence-electron chi connectivity index (χ0n) is 27.5. The van der Waals surface area contributed by atoms with Crippen LogP contribution in [0.5, 0.6) is 11.5 Å². The predicted octanol–water partition coefficient (Wildman–Crippen LogP) is 8.33. The quantitative estimate of drug-likeness (QED) is 0.0951. The van der Waals surface area contributed by atoms with Crippen LogP contribution in [-0.4, -0.2) is 44.3 Å². The standard InChI is InChI=1S/C17H15ClFNO3.C14H11ClFNO2.C5H10O2/c1-3-16(21)20-14-9-15(23-2)13(19)8-11(14)17(22)10-6-4-5-7-12(10)18;1-19-13-7-12(17)9(6-11(13)16)14(18)8-4-2-3-5-10(8)15;1-3-5(6)7-4-2/h4-9H,3H2,1-2H3,(H,20,21);2-7H,17H2,1H3;3-4H2,1-2H3. The second-order valence-corrected chi connectivity index (χ2v) is 10.6. The van der Waals surface area contributed by atoms with Crippen molar-refractivity contribution in [3.05, 3.63) is 117 Å². The highest BCUT2D eigenvalue weighted by Crippen LogP contribution is 2.30. The lowest BCUT2D eigenvalue weighted by Gasteiger charge is -2.13. The first-order valence-corrected chi connectivity index (χ1v) is 15.6. The van der Waals surface area contributed by atoms with Gasteiger partial charge in [0.2, 0.25) is 5.91 Å². The van der Waals surface area contributed by atoms with Crippen LogP contribution in [0.25, 0.3) is 0 Å². The molecular formula is C36H36Cl2F2N2O7. The average Bonchev–Trinajstić information content (AvgIpc) is 3.10. The molecule has 0 aliphatic heterocycles. The fourth-order valence-electron chi connectivity index (χ4n) is 4.01. The first kappa shape index (κ1) is 40.2. The van der Waals surface area contributed by atoms with Gasteiger partial charge in [0.15, 0.2) is 34.7 Å². The van der Waals surface area contributed by atoms with Crippen molar-refractivity contribution in [2.45, 2.75) is 33.6 Å². The lowest BCUT2D eigenvalue weighted by atomic mass is 10.0. The van der Waals surface area contributed by atoms with Gasteiger partial charge in [-0.3, -0.25) is 19.2 Å². The second-order valence-electron chi connectivity index (χ2n) is 9.78. The number of hydrogen-bond acceptors (Lipinski definition) is 8. The smallest absolute Gasteiger partial charge is 0.305 e. The molecule has 0 heterocycles. The number of carbonyl (C=O) groups is 4. The molecule has 49 heavy (non-hydrogen) atoms. The Morgan fingerprint density at radius 1 is 0.694 bits per heavy atom. The van der Waals surface area contributed by atoms with Crippen molar-refractivity contribution in [1.82, 2.24) is 0 Å². The highest BCUT2D eigenvalue weighted by molar-refractivity contribution is 6.35. The molecule has 0 radical (unpaired) electrons. The maximum atomic E-state index is 14.0. The minimum absolute atomic E-state index is 0.00629. The molecule has 4 rings (SSSR count). The zero-order valence-corrected chi connectivity index (χ0v) is 29.0. The van der Waals surface area contributed by atoms with E-state index in [0.717, 1.165) is 12.1 Å². The molecule has 9 nitrogen and oxygen atoms in total. The minimum Gasteiger partial charge on any atom is -0.494 e. The Morgan fingerprint density at radius 2 is 1.16 bits per heavy atom. The Labute approximate surface area is 293 Å². The third kappa shape index (κ3) is 11.3. The van der Waals surface area contributed by atoms with Gasteiger partial charge < -0.3 is 25.3 Å². The van der Waals surface area contributed by atoms with Crippen LogP contribution in [-0.2, 0) is 14.3 Å². The summed E-state index contributed by atoms with van der Waals surface area (Å²) in [5, 5.41) is 3.13. The molecule has 4 aromatic rings. The molecule has 0 aliphatic carbocycles. The maximum absolute atomic E-state index is 14.0. The number of methoxy groups -OCH3 is 2. The van der Waals surface area contributed by atoms with Crippen molar-refractivity contribution in [3.63, 3.8) is 0 Å². The van der Waals surface area contributed by atoms with Gasteiger partial charge in [0.1, 0.15) is 0 Å². The Kier molecular flexibility index (Phi) is 16.2. The summed E-state index contributed by atoms with van der Waals surface area (Å²) in [7, 11) is 2.63. The van der Waals surface area contributed by atoms with E-state index in [-0.39, 0.29) is 68.4 Å². The zero-order chi connectivity index (χ0) is 36.7. The summed E-state index contributed by atoms with van der Waals surface area (Å²) in [6, 6.07) is 17.6. The number of anilines is 2. The summed E-state index contributed by atoms with van der Waals surface area (Å²) in [5.41, 5.74) is 6.65. The van der Waals surface area contributed by atoms with Crippen LogP contribution in [0.4, 0.5) is 20.2 Å². The van der Waals surface area contributed by atoms with E-state index >= 15 is 0 Å². The van der Waals surface area contributed by atoms with Crippen LogP contribution >= 0.6 is 23.2 Å². The molecule has 0 spiro atoms. The van der Waals surface area contributed by atoms with Crippen molar-refractivity contribution in [2.75, 3.05) is 31.9 Å². The van der Waals surface area contributed by atoms with Gasteiger partial charge in [-0.25, -0.2) is 8.78 Å². The topological polar surface area (TPSA) is 134 Å². The van der Waals surface area contributed by atoms with E-state index in [2.05, 4.69) is 10.1 Å². The molecule has 13 heteroatoms. The molecule has 0 unspecified atom stereocenters. The van der Waals surface area contributed by atoms with Crippen molar-refractivity contribution < 1.29 is 42.2 Å². The Hall–Kier alpha value is -5.00. The highest BCUT2D eigenvalue weighted by Gasteiger charge is 2.21. The van der Waals surface area contributed by atoms with Crippen LogP contribution in [0.3, 0.4) is 0 Å². The molecule has 0 saturated heterocycles. The summed E-state index contributed by atoms with van der Waals surface area (Å²) in [4.78, 5) is 46.8. The van der Waals surface area contributed by atoms with Gasteiger partial charge in [-0.1, -0.05) is 61.3 Å². The molecule has 0 fully saturated rings. The van der Waals surface area contributed by atoms with Crippen LogP contribution < -0.4 is 20.5 Å². The first-order chi connectivity index (χ1) is 23.3. The number of amides is 1. The molecule has 0 atom stereocenters. The van der Waals surface area contributed by atoms with E-state index < -0.39 is 23.2 Å². The van der Waals surface area contributed by atoms with E-state index in [4.69, 9.17) is 38.4 Å². The highest BCUT2D eigenvalue weighted by atomic mass is 35.5. The molecule has 0 bridgehead atoms. The van der Waals surface area contributed by atoms with Gasteiger partial charge in [0.25, 0.3) is 0 Å². The molecule has 0 aliphatic rings. The number of carbonyl (C=O) groups excluding carboxylic acids is 4. The lowest BCUT2D eigenvalue weighted by Crippen LogP contribution is -2.14. The number of benzene rings is 4. The van der Waals surface area contributed by atoms with Crippen molar-refractivity contribution in [1.29, 1.82) is 0 Å². The van der Waals surface area contributed by atoms with Crippen molar-refractivity contribution in [2.24, 2.45) is 0 Å². The van der Waals surface area contributed by atoms with E-state index in [1.165, 1.54) is 32.4 Å². The number of nitrogens with one attached hydrogen (secondary N) is 1. The van der Waals surface area contributed by atoms with E-state index in [9.17, 15) is 28.0 Å². The normalized spacial score (nSPS) is 9.98. The SMILES string of the molecule is CCC(=O)Nc1cc(OC)c(F)cc1C(=O)c1ccccc1Cl.CCOC(=O)CC.COc1cc(N)c(C(=O)c2ccccc2Cl)cc1F. The first-order valence-electron chi connectivity index (χ1n) is 14.9. The maximum Gasteiger partial charge on any atom is 0.305 e. The Bertz CT molecular complexity index is 1800.